The topological polar surface area (TPSA) is 44.8 Å². The quantitative estimate of drug-likeness (QED) is 0.639. The highest BCUT2D eigenvalue weighted by Crippen LogP contribution is 2.30. The molecule has 1 fully saturated rings. The molecule has 0 atom stereocenters. The van der Waals surface area contributed by atoms with Crippen molar-refractivity contribution >= 4 is 11.6 Å². The minimum atomic E-state index is 0.0178. The SMILES string of the molecule is CCC(C)(C)c1ccc(Oc2ccc(NC(=O)CN(C)C3CCN(C)CC3)cc2)cc1. The Morgan fingerprint density at radius 2 is 1.61 bits per heavy atom. The summed E-state index contributed by atoms with van der Waals surface area (Å²) in [4.78, 5) is 17.0. The molecule has 0 unspecified atom stereocenters. The van der Waals surface area contributed by atoms with Crippen LogP contribution in [0.3, 0.4) is 0 Å². The first-order valence-electron chi connectivity index (χ1n) is 11.3. The number of nitrogens with zero attached hydrogens (tertiary/aromatic N) is 2. The molecule has 31 heavy (non-hydrogen) atoms. The highest BCUT2D eigenvalue weighted by Gasteiger charge is 2.22. The average Bonchev–Trinajstić information content (AvgIpc) is 2.76. The Morgan fingerprint density at radius 3 is 2.16 bits per heavy atom. The highest BCUT2D eigenvalue weighted by atomic mass is 16.5. The Bertz CT molecular complexity index is 838. The number of carbonyl (C=O) groups is 1. The minimum Gasteiger partial charge on any atom is -0.457 e. The van der Waals surface area contributed by atoms with Crippen molar-refractivity contribution in [1.29, 1.82) is 0 Å². The van der Waals surface area contributed by atoms with Crippen molar-refractivity contribution < 1.29 is 9.53 Å². The number of anilines is 1. The predicted octanol–water partition coefficient (Wildman–Crippen LogP) is 5.13. The summed E-state index contributed by atoms with van der Waals surface area (Å²) in [6.45, 7) is 9.31. The fourth-order valence-electron chi connectivity index (χ4n) is 3.91. The number of hydrogen-bond donors (Lipinski definition) is 1. The Kier molecular flexibility index (Phi) is 7.74. The fourth-order valence-corrected chi connectivity index (χ4v) is 3.91. The number of carbonyl (C=O) groups excluding carboxylic acids is 1. The number of rotatable bonds is 8. The van der Waals surface area contributed by atoms with Gasteiger partial charge in [-0.15, -0.1) is 0 Å². The minimum absolute atomic E-state index is 0.0178. The molecule has 0 saturated carbocycles. The van der Waals surface area contributed by atoms with Crippen LogP contribution in [0.25, 0.3) is 0 Å². The first-order chi connectivity index (χ1) is 14.8. The Balaban J connectivity index is 1.50. The number of piperidine rings is 1. The van der Waals surface area contributed by atoms with Gasteiger partial charge in [0.1, 0.15) is 11.5 Å². The Hall–Kier alpha value is -2.37. The molecule has 0 spiro atoms. The van der Waals surface area contributed by atoms with Gasteiger partial charge in [-0.25, -0.2) is 0 Å². The number of amides is 1. The van der Waals surface area contributed by atoms with E-state index in [9.17, 15) is 4.79 Å². The van der Waals surface area contributed by atoms with Crippen LogP contribution in [0.5, 0.6) is 11.5 Å². The Morgan fingerprint density at radius 1 is 1.06 bits per heavy atom. The van der Waals surface area contributed by atoms with Gasteiger partial charge in [-0.3, -0.25) is 9.69 Å². The first-order valence-corrected chi connectivity index (χ1v) is 11.3. The van der Waals surface area contributed by atoms with Gasteiger partial charge in [0.15, 0.2) is 0 Å². The van der Waals surface area contributed by atoms with E-state index in [0.717, 1.165) is 49.5 Å². The smallest absolute Gasteiger partial charge is 0.238 e. The molecule has 0 bridgehead atoms. The van der Waals surface area contributed by atoms with Gasteiger partial charge >= 0.3 is 0 Å². The van der Waals surface area contributed by atoms with Gasteiger partial charge in [0.05, 0.1) is 6.54 Å². The van der Waals surface area contributed by atoms with Gasteiger partial charge in [0.25, 0.3) is 0 Å². The molecule has 5 heteroatoms. The molecule has 3 rings (SSSR count). The van der Waals surface area contributed by atoms with Crippen LogP contribution in [-0.2, 0) is 10.2 Å². The molecule has 2 aromatic carbocycles. The summed E-state index contributed by atoms with van der Waals surface area (Å²) in [6, 6.07) is 16.3. The molecule has 1 N–H and O–H groups in total. The zero-order valence-electron chi connectivity index (χ0n) is 19.6. The lowest BCUT2D eigenvalue weighted by atomic mass is 9.82. The summed E-state index contributed by atoms with van der Waals surface area (Å²) in [5.74, 6) is 1.58. The maximum atomic E-state index is 12.4. The van der Waals surface area contributed by atoms with Crippen molar-refractivity contribution in [2.75, 3.05) is 39.0 Å². The molecule has 2 aromatic rings. The maximum Gasteiger partial charge on any atom is 0.238 e. The fraction of sp³-hybridized carbons (Fsp3) is 0.500. The van der Waals surface area contributed by atoms with E-state index in [1.807, 2.05) is 43.4 Å². The lowest BCUT2D eigenvalue weighted by molar-refractivity contribution is -0.117. The van der Waals surface area contributed by atoms with Crippen molar-refractivity contribution in [3.05, 3.63) is 54.1 Å². The molecule has 0 radical (unpaired) electrons. The number of likely N-dealkylation sites (tertiary alicyclic amines) is 1. The number of benzene rings is 2. The number of likely N-dealkylation sites (N-methyl/N-ethyl adjacent to an activating group) is 1. The van der Waals surface area contributed by atoms with Gasteiger partial charge in [0, 0.05) is 11.7 Å². The normalized spacial score (nSPS) is 15.8. The summed E-state index contributed by atoms with van der Waals surface area (Å²) in [6.07, 6.45) is 3.32. The molecule has 1 saturated heterocycles. The van der Waals surface area contributed by atoms with E-state index >= 15 is 0 Å². The zero-order chi connectivity index (χ0) is 22.4. The highest BCUT2D eigenvalue weighted by molar-refractivity contribution is 5.92. The van der Waals surface area contributed by atoms with Crippen molar-refractivity contribution in [1.82, 2.24) is 9.80 Å². The summed E-state index contributed by atoms with van der Waals surface area (Å²) in [5.41, 5.74) is 2.26. The lowest BCUT2D eigenvalue weighted by Crippen LogP contribution is -2.44. The van der Waals surface area contributed by atoms with Gasteiger partial charge in [0.2, 0.25) is 5.91 Å². The van der Waals surface area contributed by atoms with E-state index in [4.69, 9.17) is 4.74 Å². The second-order valence-electron chi connectivity index (χ2n) is 9.39. The van der Waals surface area contributed by atoms with Gasteiger partial charge in [-0.05, 0) is 93.8 Å². The molecule has 0 aromatic heterocycles. The van der Waals surface area contributed by atoms with Crippen LogP contribution in [0.2, 0.25) is 0 Å². The predicted molar refractivity (Wildman–Crippen MR) is 128 cm³/mol. The molecule has 168 valence electrons. The number of ether oxygens (including phenoxy) is 1. The van der Waals surface area contributed by atoms with E-state index in [-0.39, 0.29) is 11.3 Å². The van der Waals surface area contributed by atoms with Gasteiger partial charge in [-0.1, -0.05) is 32.9 Å². The monoisotopic (exact) mass is 423 g/mol. The third-order valence-corrected chi connectivity index (χ3v) is 6.60. The van der Waals surface area contributed by atoms with Crippen LogP contribution in [0.1, 0.15) is 45.6 Å². The van der Waals surface area contributed by atoms with Crippen LogP contribution in [-0.4, -0.2) is 55.5 Å². The second kappa shape index (κ2) is 10.3. The van der Waals surface area contributed by atoms with Gasteiger partial charge < -0.3 is 15.0 Å². The van der Waals surface area contributed by atoms with E-state index in [1.165, 1.54) is 5.56 Å². The average molecular weight is 424 g/mol. The van der Waals surface area contributed by atoms with Crippen molar-refractivity contribution in [2.24, 2.45) is 0 Å². The third kappa shape index (κ3) is 6.55. The van der Waals surface area contributed by atoms with Crippen LogP contribution in [0.4, 0.5) is 5.69 Å². The van der Waals surface area contributed by atoms with Gasteiger partial charge in [-0.2, -0.15) is 0 Å². The molecule has 1 aliphatic heterocycles. The molecule has 1 amide bonds. The van der Waals surface area contributed by atoms with E-state index in [1.54, 1.807) is 0 Å². The van der Waals surface area contributed by atoms with Crippen LogP contribution < -0.4 is 10.1 Å². The van der Waals surface area contributed by atoms with E-state index in [2.05, 4.69) is 55.1 Å². The molecular formula is C26H37N3O2. The number of hydrogen-bond acceptors (Lipinski definition) is 4. The summed E-state index contributed by atoms with van der Waals surface area (Å²) < 4.78 is 5.97. The summed E-state index contributed by atoms with van der Waals surface area (Å²) >= 11 is 0. The Labute approximate surface area is 187 Å². The van der Waals surface area contributed by atoms with E-state index in [0.29, 0.717) is 12.6 Å². The third-order valence-electron chi connectivity index (χ3n) is 6.60. The van der Waals surface area contributed by atoms with Crippen LogP contribution in [0, 0.1) is 0 Å². The van der Waals surface area contributed by atoms with Crippen LogP contribution >= 0.6 is 0 Å². The second-order valence-corrected chi connectivity index (χ2v) is 9.39. The molecule has 0 aliphatic carbocycles. The van der Waals surface area contributed by atoms with Crippen LogP contribution in [0.15, 0.2) is 48.5 Å². The molecule has 5 nitrogen and oxygen atoms in total. The van der Waals surface area contributed by atoms with Crippen molar-refractivity contribution in [3.63, 3.8) is 0 Å². The van der Waals surface area contributed by atoms with E-state index < -0.39 is 0 Å². The maximum absolute atomic E-state index is 12.4. The molecule has 1 heterocycles. The molecule has 1 aliphatic rings. The summed E-state index contributed by atoms with van der Waals surface area (Å²) in [7, 11) is 4.19. The standard InChI is InChI=1S/C26H37N3O2/c1-6-26(2,3)20-7-11-23(12-8-20)31-24-13-9-21(10-14-24)27-25(30)19-29(5)22-15-17-28(4)18-16-22/h7-14,22H,6,15-19H2,1-5H3,(H,27,30). The molecular weight excluding hydrogens is 386 g/mol. The van der Waals surface area contributed by atoms with Crippen molar-refractivity contribution in [2.45, 2.75) is 51.5 Å². The first kappa shape index (κ1) is 23.3. The van der Waals surface area contributed by atoms with Crippen molar-refractivity contribution in [3.8, 4) is 11.5 Å². The summed E-state index contributed by atoms with van der Waals surface area (Å²) in [5, 5.41) is 3.00. The zero-order valence-corrected chi connectivity index (χ0v) is 19.6. The largest absolute Gasteiger partial charge is 0.457 e. The lowest BCUT2D eigenvalue weighted by Gasteiger charge is -2.34. The number of nitrogens with one attached hydrogen (secondary N) is 1.